The highest BCUT2D eigenvalue weighted by molar-refractivity contribution is 9.09. The Morgan fingerprint density at radius 3 is 2.79 bits per heavy atom. The highest BCUT2D eigenvalue weighted by Crippen LogP contribution is 2.20. The highest BCUT2D eigenvalue weighted by Gasteiger charge is 2.25. The summed E-state index contributed by atoms with van der Waals surface area (Å²) < 4.78 is 0. The molecule has 1 aliphatic rings. The summed E-state index contributed by atoms with van der Waals surface area (Å²) in [5.41, 5.74) is 3.68. The molecule has 1 fully saturated rings. The van der Waals surface area contributed by atoms with Gasteiger partial charge in [0.1, 0.15) is 0 Å². The number of likely N-dealkylation sites (tertiary alicyclic amines) is 1. The fraction of sp³-hybridized carbons (Fsp3) is 0.562. The number of halogens is 1. The van der Waals surface area contributed by atoms with Gasteiger partial charge < -0.3 is 4.90 Å². The van der Waals surface area contributed by atoms with E-state index in [1.807, 2.05) is 0 Å². The van der Waals surface area contributed by atoms with E-state index >= 15 is 0 Å². The second kappa shape index (κ2) is 6.56. The highest BCUT2D eigenvalue weighted by atomic mass is 79.9. The average molecular weight is 324 g/mol. The summed E-state index contributed by atoms with van der Waals surface area (Å²) >= 11 is 3.53. The zero-order chi connectivity index (χ0) is 13.8. The monoisotopic (exact) mass is 323 g/mol. The van der Waals surface area contributed by atoms with Crippen molar-refractivity contribution in [2.45, 2.75) is 45.6 Å². The van der Waals surface area contributed by atoms with Crippen molar-refractivity contribution in [1.82, 2.24) is 4.90 Å². The molecule has 1 atom stereocenters. The van der Waals surface area contributed by atoms with Crippen LogP contribution in [0.5, 0.6) is 0 Å². The van der Waals surface area contributed by atoms with E-state index in [1.165, 1.54) is 17.5 Å². The molecule has 2 nitrogen and oxygen atoms in total. The molecule has 0 aromatic heterocycles. The van der Waals surface area contributed by atoms with Gasteiger partial charge in [0.05, 0.1) is 6.42 Å². The molecule has 0 N–H and O–H groups in total. The van der Waals surface area contributed by atoms with Gasteiger partial charge in [-0.05, 0) is 49.8 Å². The molecule has 0 saturated carbocycles. The van der Waals surface area contributed by atoms with Crippen LogP contribution in [0.4, 0.5) is 0 Å². The number of hydrogen-bond acceptors (Lipinski definition) is 1. The first-order chi connectivity index (χ1) is 9.11. The van der Waals surface area contributed by atoms with Crippen LogP contribution in [-0.2, 0) is 11.2 Å². The Labute approximate surface area is 124 Å². The summed E-state index contributed by atoms with van der Waals surface area (Å²) in [7, 11) is 0. The fourth-order valence-corrected chi connectivity index (χ4v) is 3.35. The largest absolute Gasteiger partial charge is 0.339 e. The molecule has 19 heavy (non-hydrogen) atoms. The standard InChI is InChI=1S/C16H22BrNO/c1-12-6-7-14(9-13(12)2)10-16(19)18-8-4-3-5-15(18)11-17/h6-7,9,15H,3-5,8,10-11H2,1-2H3. The Morgan fingerprint density at radius 1 is 1.32 bits per heavy atom. The Kier molecular flexibility index (Phi) is 5.03. The molecule has 2 rings (SSSR count). The lowest BCUT2D eigenvalue weighted by atomic mass is 10.0. The van der Waals surface area contributed by atoms with E-state index in [4.69, 9.17) is 0 Å². The summed E-state index contributed by atoms with van der Waals surface area (Å²) in [6.45, 7) is 5.12. The van der Waals surface area contributed by atoms with Crippen LogP contribution < -0.4 is 0 Å². The van der Waals surface area contributed by atoms with Gasteiger partial charge in [0, 0.05) is 17.9 Å². The van der Waals surface area contributed by atoms with E-state index in [1.54, 1.807) is 0 Å². The number of carbonyl (C=O) groups is 1. The number of amides is 1. The Balaban J connectivity index is 2.05. The van der Waals surface area contributed by atoms with Crippen LogP contribution in [0.25, 0.3) is 0 Å². The van der Waals surface area contributed by atoms with Crippen molar-refractivity contribution in [1.29, 1.82) is 0 Å². The first kappa shape index (κ1) is 14.6. The molecule has 1 aliphatic heterocycles. The van der Waals surface area contributed by atoms with Crippen molar-refractivity contribution in [3.63, 3.8) is 0 Å². The third-order valence-corrected chi connectivity index (χ3v) is 4.80. The van der Waals surface area contributed by atoms with E-state index in [0.29, 0.717) is 12.5 Å². The molecular weight excluding hydrogens is 302 g/mol. The van der Waals surface area contributed by atoms with Gasteiger partial charge in [0.2, 0.25) is 5.91 Å². The van der Waals surface area contributed by atoms with E-state index in [-0.39, 0.29) is 5.91 Å². The molecular formula is C16H22BrNO. The molecule has 1 saturated heterocycles. The minimum absolute atomic E-state index is 0.271. The van der Waals surface area contributed by atoms with Gasteiger partial charge in [0.25, 0.3) is 0 Å². The van der Waals surface area contributed by atoms with Crippen LogP contribution in [0.2, 0.25) is 0 Å². The summed E-state index contributed by atoms with van der Waals surface area (Å²) in [5.74, 6) is 0.271. The minimum atomic E-state index is 0.271. The van der Waals surface area contributed by atoms with Crippen LogP contribution in [0, 0.1) is 13.8 Å². The first-order valence-corrected chi connectivity index (χ1v) is 8.15. The van der Waals surface area contributed by atoms with Gasteiger partial charge in [-0.3, -0.25) is 4.79 Å². The predicted molar refractivity (Wildman–Crippen MR) is 82.8 cm³/mol. The summed E-state index contributed by atoms with van der Waals surface area (Å²) in [6.07, 6.45) is 4.04. The molecule has 0 radical (unpaired) electrons. The molecule has 104 valence electrons. The lowest BCUT2D eigenvalue weighted by Crippen LogP contribution is -2.45. The maximum Gasteiger partial charge on any atom is 0.227 e. The normalized spacial score (nSPS) is 19.5. The zero-order valence-corrected chi connectivity index (χ0v) is 13.4. The second-order valence-corrected chi connectivity index (χ2v) is 6.13. The number of benzene rings is 1. The SMILES string of the molecule is Cc1ccc(CC(=O)N2CCCCC2CBr)cc1C. The predicted octanol–water partition coefficient (Wildman–Crippen LogP) is 3.62. The molecule has 1 aromatic rings. The molecule has 1 aromatic carbocycles. The molecule has 0 bridgehead atoms. The van der Waals surface area contributed by atoms with Crippen molar-refractivity contribution >= 4 is 21.8 Å². The number of piperidine rings is 1. The van der Waals surface area contributed by atoms with Gasteiger partial charge in [-0.1, -0.05) is 34.1 Å². The van der Waals surface area contributed by atoms with E-state index < -0.39 is 0 Å². The Morgan fingerprint density at radius 2 is 2.11 bits per heavy atom. The first-order valence-electron chi connectivity index (χ1n) is 7.03. The van der Waals surface area contributed by atoms with Crippen LogP contribution in [0.15, 0.2) is 18.2 Å². The Hall–Kier alpha value is -0.830. The number of alkyl halides is 1. The average Bonchev–Trinajstić information content (AvgIpc) is 2.43. The molecule has 3 heteroatoms. The number of carbonyl (C=O) groups excluding carboxylic acids is 1. The maximum absolute atomic E-state index is 12.4. The topological polar surface area (TPSA) is 20.3 Å². The van der Waals surface area contributed by atoms with Gasteiger partial charge in [-0.15, -0.1) is 0 Å². The smallest absolute Gasteiger partial charge is 0.227 e. The van der Waals surface area contributed by atoms with E-state index in [9.17, 15) is 4.79 Å². The van der Waals surface area contributed by atoms with Crippen molar-refractivity contribution in [3.8, 4) is 0 Å². The molecule has 0 spiro atoms. The molecule has 1 amide bonds. The fourth-order valence-electron chi connectivity index (χ4n) is 2.68. The van der Waals surface area contributed by atoms with Crippen LogP contribution >= 0.6 is 15.9 Å². The van der Waals surface area contributed by atoms with Crippen LogP contribution in [0.3, 0.4) is 0 Å². The van der Waals surface area contributed by atoms with Crippen LogP contribution in [0.1, 0.15) is 36.0 Å². The van der Waals surface area contributed by atoms with Crippen LogP contribution in [-0.4, -0.2) is 28.7 Å². The van der Waals surface area contributed by atoms with Gasteiger partial charge >= 0.3 is 0 Å². The quantitative estimate of drug-likeness (QED) is 0.778. The maximum atomic E-state index is 12.4. The summed E-state index contributed by atoms with van der Waals surface area (Å²) in [5, 5.41) is 0.895. The molecule has 0 aliphatic carbocycles. The van der Waals surface area contributed by atoms with Crippen molar-refractivity contribution < 1.29 is 4.79 Å². The van der Waals surface area contributed by atoms with E-state index in [2.05, 4.69) is 52.9 Å². The van der Waals surface area contributed by atoms with Gasteiger partial charge in [-0.2, -0.15) is 0 Å². The summed E-state index contributed by atoms with van der Waals surface area (Å²) in [4.78, 5) is 14.5. The van der Waals surface area contributed by atoms with E-state index in [0.717, 1.165) is 30.3 Å². The number of nitrogens with zero attached hydrogens (tertiary/aromatic N) is 1. The second-order valence-electron chi connectivity index (χ2n) is 5.49. The lowest BCUT2D eigenvalue weighted by molar-refractivity contribution is -0.133. The zero-order valence-electron chi connectivity index (χ0n) is 11.8. The number of hydrogen-bond donors (Lipinski definition) is 0. The number of rotatable bonds is 3. The van der Waals surface area contributed by atoms with Gasteiger partial charge in [0.15, 0.2) is 0 Å². The third-order valence-electron chi connectivity index (χ3n) is 4.05. The van der Waals surface area contributed by atoms with Crippen molar-refractivity contribution in [3.05, 3.63) is 34.9 Å². The minimum Gasteiger partial charge on any atom is -0.339 e. The van der Waals surface area contributed by atoms with Crippen molar-refractivity contribution in [2.24, 2.45) is 0 Å². The lowest BCUT2D eigenvalue weighted by Gasteiger charge is -2.35. The number of aryl methyl sites for hydroxylation is 2. The Bertz CT molecular complexity index is 458. The molecule has 1 heterocycles. The summed E-state index contributed by atoms with van der Waals surface area (Å²) in [6, 6.07) is 6.71. The molecule has 1 unspecified atom stereocenters. The third kappa shape index (κ3) is 3.59. The van der Waals surface area contributed by atoms with Crippen molar-refractivity contribution in [2.75, 3.05) is 11.9 Å². The van der Waals surface area contributed by atoms with Gasteiger partial charge in [-0.25, -0.2) is 0 Å².